The van der Waals surface area contributed by atoms with Crippen LogP contribution in [0.5, 0.6) is 5.88 Å². The summed E-state index contributed by atoms with van der Waals surface area (Å²) >= 11 is 0. The third-order valence-electron chi connectivity index (χ3n) is 6.50. The first-order valence-corrected chi connectivity index (χ1v) is 9.93. The van der Waals surface area contributed by atoms with Crippen LogP contribution in [0.2, 0.25) is 0 Å². The summed E-state index contributed by atoms with van der Waals surface area (Å²) in [6.45, 7) is 4.17. The van der Waals surface area contributed by atoms with E-state index in [-0.39, 0.29) is 28.6 Å². The van der Waals surface area contributed by atoms with E-state index in [1.807, 2.05) is 13.0 Å². The van der Waals surface area contributed by atoms with Crippen LogP contribution < -0.4 is 4.74 Å². The molecule has 29 heavy (non-hydrogen) atoms. The molecule has 0 radical (unpaired) electrons. The zero-order chi connectivity index (χ0) is 20.2. The smallest absolute Gasteiger partial charge is 0.249 e. The van der Waals surface area contributed by atoms with Gasteiger partial charge >= 0.3 is 0 Å². The number of aryl methyl sites for hydroxylation is 2. The molecule has 3 saturated carbocycles. The molecule has 7 heteroatoms. The standard InChI is InChI=1S/C22H23FN4O2/c1-14-3-4-16(7-17(14)23)18-5-6-26-27(18)20(28)22-10-21(11-22,12-22)13-29-19-9-24-15(2)8-25-19/h3-4,6-9,18H,5,10-13H2,1-2H3. The molecule has 2 bridgehead atoms. The number of hydrazone groups is 1. The highest BCUT2D eigenvalue weighted by atomic mass is 19.1. The SMILES string of the molecule is Cc1cnc(OCC23CC(C(=O)N4N=CCC4c4ccc(C)c(F)c4)(C2)C3)cn1. The zero-order valence-electron chi connectivity index (χ0n) is 16.6. The lowest BCUT2D eigenvalue weighted by Gasteiger charge is -2.69. The number of benzene rings is 1. The van der Waals surface area contributed by atoms with Crippen molar-refractivity contribution >= 4 is 12.1 Å². The lowest BCUT2D eigenvalue weighted by Crippen LogP contribution is -2.69. The summed E-state index contributed by atoms with van der Waals surface area (Å²) in [6, 6.07) is 4.95. The van der Waals surface area contributed by atoms with E-state index in [2.05, 4.69) is 15.1 Å². The number of nitrogens with zero attached hydrogens (tertiary/aromatic N) is 4. The molecule has 2 aromatic rings. The summed E-state index contributed by atoms with van der Waals surface area (Å²) in [7, 11) is 0. The molecule has 6 rings (SSSR count). The van der Waals surface area contributed by atoms with Gasteiger partial charge in [-0.05, 0) is 50.3 Å². The fourth-order valence-electron chi connectivity index (χ4n) is 5.01. The second-order valence-corrected chi connectivity index (χ2v) is 8.80. The Morgan fingerprint density at radius 1 is 1.24 bits per heavy atom. The van der Waals surface area contributed by atoms with Gasteiger partial charge in [-0.3, -0.25) is 9.78 Å². The minimum atomic E-state index is -0.342. The van der Waals surface area contributed by atoms with Crippen LogP contribution in [-0.2, 0) is 4.79 Å². The van der Waals surface area contributed by atoms with Gasteiger partial charge in [0.05, 0.1) is 36.2 Å². The van der Waals surface area contributed by atoms with Crippen LogP contribution in [0.4, 0.5) is 4.39 Å². The van der Waals surface area contributed by atoms with Gasteiger partial charge in [0.2, 0.25) is 11.8 Å². The minimum absolute atomic E-state index is 0.0502. The number of aromatic nitrogens is 2. The first-order valence-electron chi connectivity index (χ1n) is 9.93. The lowest BCUT2D eigenvalue weighted by molar-refractivity contribution is -0.227. The van der Waals surface area contributed by atoms with Gasteiger partial charge in [0.25, 0.3) is 0 Å². The molecule has 0 N–H and O–H groups in total. The average Bonchev–Trinajstić information content (AvgIpc) is 3.13. The van der Waals surface area contributed by atoms with Crippen LogP contribution in [0.3, 0.4) is 0 Å². The quantitative estimate of drug-likeness (QED) is 0.775. The molecule has 150 valence electrons. The maximum absolute atomic E-state index is 14.0. The van der Waals surface area contributed by atoms with E-state index < -0.39 is 0 Å². The maximum atomic E-state index is 14.0. The van der Waals surface area contributed by atoms with E-state index in [1.54, 1.807) is 36.6 Å². The monoisotopic (exact) mass is 394 g/mol. The van der Waals surface area contributed by atoms with Gasteiger partial charge in [0, 0.05) is 18.1 Å². The van der Waals surface area contributed by atoms with Gasteiger partial charge in [-0.2, -0.15) is 5.10 Å². The van der Waals surface area contributed by atoms with Gasteiger partial charge < -0.3 is 4.74 Å². The maximum Gasteiger partial charge on any atom is 0.249 e. The zero-order valence-corrected chi connectivity index (χ0v) is 16.6. The number of ether oxygens (including phenoxy) is 1. The van der Waals surface area contributed by atoms with E-state index in [1.165, 1.54) is 6.07 Å². The summed E-state index contributed by atoms with van der Waals surface area (Å²) in [5.74, 6) is 0.322. The third-order valence-corrected chi connectivity index (χ3v) is 6.50. The highest BCUT2D eigenvalue weighted by Crippen LogP contribution is 2.74. The molecule has 1 atom stereocenters. The normalized spacial score (nSPS) is 29.3. The van der Waals surface area contributed by atoms with Gasteiger partial charge in [-0.25, -0.2) is 14.4 Å². The van der Waals surface area contributed by atoms with Gasteiger partial charge in [-0.1, -0.05) is 12.1 Å². The van der Waals surface area contributed by atoms with Gasteiger partial charge in [-0.15, -0.1) is 0 Å². The number of rotatable bonds is 5. The van der Waals surface area contributed by atoms with Crippen molar-refractivity contribution in [3.05, 3.63) is 53.2 Å². The predicted molar refractivity (Wildman–Crippen MR) is 105 cm³/mol. The highest BCUT2D eigenvalue weighted by Gasteiger charge is 2.72. The molecular formula is C22H23FN4O2. The molecule has 1 aromatic carbocycles. The summed E-state index contributed by atoms with van der Waals surface area (Å²) in [4.78, 5) is 21.6. The molecular weight excluding hydrogens is 371 g/mol. The molecule has 1 aliphatic heterocycles. The van der Waals surface area contributed by atoms with Crippen LogP contribution in [0.15, 0.2) is 35.7 Å². The molecule has 0 saturated heterocycles. The Labute approximate surface area is 168 Å². The second-order valence-electron chi connectivity index (χ2n) is 8.80. The van der Waals surface area contributed by atoms with Crippen molar-refractivity contribution in [1.29, 1.82) is 0 Å². The Kier molecular flexibility index (Phi) is 3.98. The molecule has 1 unspecified atom stereocenters. The third kappa shape index (κ3) is 2.91. The van der Waals surface area contributed by atoms with E-state index >= 15 is 0 Å². The number of carbonyl (C=O) groups excluding carboxylic acids is 1. The van der Waals surface area contributed by atoms with E-state index in [0.29, 0.717) is 24.5 Å². The largest absolute Gasteiger partial charge is 0.476 e. The molecule has 1 amide bonds. The van der Waals surface area contributed by atoms with Crippen molar-refractivity contribution < 1.29 is 13.9 Å². The van der Waals surface area contributed by atoms with E-state index in [4.69, 9.17) is 4.74 Å². The van der Waals surface area contributed by atoms with Gasteiger partial charge in [0.1, 0.15) is 5.82 Å². The first-order chi connectivity index (χ1) is 13.9. The second kappa shape index (κ2) is 6.34. The van der Waals surface area contributed by atoms with E-state index in [0.717, 1.165) is 30.5 Å². The minimum Gasteiger partial charge on any atom is -0.476 e. The molecule has 2 heterocycles. The van der Waals surface area contributed by atoms with Crippen molar-refractivity contribution in [1.82, 2.24) is 15.0 Å². The van der Waals surface area contributed by atoms with Crippen molar-refractivity contribution in [2.24, 2.45) is 15.9 Å². The molecule has 1 aromatic heterocycles. The number of carbonyl (C=O) groups is 1. The molecule has 3 aliphatic carbocycles. The number of hydrogen-bond acceptors (Lipinski definition) is 5. The van der Waals surface area contributed by atoms with E-state index in [9.17, 15) is 9.18 Å². The van der Waals surface area contributed by atoms with Crippen LogP contribution >= 0.6 is 0 Å². The number of amides is 1. The Morgan fingerprint density at radius 3 is 2.72 bits per heavy atom. The van der Waals surface area contributed by atoms with Crippen molar-refractivity contribution in [2.45, 2.75) is 45.6 Å². The molecule has 0 spiro atoms. The predicted octanol–water partition coefficient (Wildman–Crippen LogP) is 3.74. The van der Waals surface area contributed by atoms with Crippen molar-refractivity contribution in [3.8, 4) is 5.88 Å². The first kappa shape index (κ1) is 18.2. The summed E-state index contributed by atoms with van der Waals surface area (Å²) in [6.07, 6.45) is 8.09. The Bertz CT molecular complexity index is 985. The average molecular weight is 394 g/mol. The summed E-state index contributed by atoms with van der Waals surface area (Å²) in [5.41, 5.74) is 1.95. The summed E-state index contributed by atoms with van der Waals surface area (Å²) in [5, 5.41) is 5.90. The Balaban J connectivity index is 1.22. The summed E-state index contributed by atoms with van der Waals surface area (Å²) < 4.78 is 19.8. The molecule has 3 fully saturated rings. The fraction of sp³-hybridized carbons (Fsp3) is 0.455. The number of hydrogen-bond donors (Lipinski definition) is 0. The van der Waals surface area contributed by atoms with Crippen LogP contribution in [-0.4, -0.2) is 33.7 Å². The number of halogens is 1. The van der Waals surface area contributed by atoms with Crippen molar-refractivity contribution in [3.63, 3.8) is 0 Å². The Morgan fingerprint density at radius 2 is 2.03 bits per heavy atom. The van der Waals surface area contributed by atoms with Crippen LogP contribution in [0, 0.1) is 30.5 Å². The van der Waals surface area contributed by atoms with Crippen molar-refractivity contribution in [2.75, 3.05) is 6.61 Å². The fourth-order valence-corrected chi connectivity index (χ4v) is 5.01. The molecule has 6 nitrogen and oxygen atoms in total. The van der Waals surface area contributed by atoms with Crippen LogP contribution in [0.1, 0.15) is 48.5 Å². The van der Waals surface area contributed by atoms with Crippen LogP contribution in [0.25, 0.3) is 0 Å². The van der Waals surface area contributed by atoms with Gasteiger partial charge in [0.15, 0.2) is 0 Å². The lowest BCUT2D eigenvalue weighted by atomic mass is 9.35. The topological polar surface area (TPSA) is 67.7 Å². The highest BCUT2D eigenvalue weighted by molar-refractivity contribution is 5.88. The Hall–Kier alpha value is -2.83. The molecule has 4 aliphatic rings.